The molecule has 2 atom stereocenters. The van der Waals surface area contributed by atoms with Crippen molar-refractivity contribution in [3.8, 4) is 0 Å². The number of ketones is 1. The van der Waals surface area contributed by atoms with Crippen LogP contribution in [0.25, 0.3) is 0 Å². The first kappa shape index (κ1) is 18.1. The van der Waals surface area contributed by atoms with Crippen LogP contribution in [-0.2, 0) is 23.8 Å². The zero-order valence-corrected chi connectivity index (χ0v) is 13.4. The number of Topliss-reactive ketones (excluding diaryl/α,β-unsaturated/α-hetero) is 1. The third kappa shape index (κ3) is 9.55. The monoisotopic (exact) mass is 305 g/mol. The second kappa shape index (κ2) is 11.7. The van der Waals surface area contributed by atoms with Gasteiger partial charge in [0, 0.05) is 27.2 Å². The van der Waals surface area contributed by atoms with Crippen LogP contribution in [0.15, 0.2) is 0 Å². The van der Waals surface area contributed by atoms with Gasteiger partial charge in [0.25, 0.3) is 0 Å². The topological polar surface area (TPSA) is 82.1 Å². The number of ether oxygens (including phenoxy) is 3. The van der Waals surface area contributed by atoms with Gasteiger partial charge in [-0.1, -0.05) is 20.8 Å². The lowest BCUT2D eigenvalue weighted by molar-refractivity contribution is -0.194. The molecule has 0 saturated heterocycles. The maximum Gasteiger partial charge on any atom is 0.305 e. The summed E-state index contributed by atoms with van der Waals surface area (Å²) in [6.07, 6.45) is 0.172. The minimum Gasteiger partial charge on any atom is -0.460 e. The lowest BCUT2D eigenvalue weighted by Crippen LogP contribution is -2.30. The summed E-state index contributed by atoms with van der Waals surface area (Å²) in [6.45, 7) is 4.72. The molecule has 0 radical (unpaired) electrons. The highest BCUT2D eigenvalue weighted by Crippen LogP contribution is 2.07. The first-order chi connectivity index (χ1) is 10.2. The van der Waals surface area contributed by atoms with Gasteiger partial charge in [0.15, 0.2) is 6.29 Å². The Bertz CT molecular complexity index is 335. The summed E-state index contributed by atoms with van der Waals surface area (Å²) < 4.78 is 23.0. The zero-order valence-electron chi connectivity index (χ0n) is 14.4. The van der Waals surface area contributed by atoms with E-state index in [2.05, 4.69) is 0 Å². The van der Waals surface area contributed by atoms with Crippen molar-refractivity contribution >= 4 is 11.8 Å². The van der Waals surface area contributed by atoms with Crippen LogP contribution in [0.5, 0.6) is 0 Å². The predicted octanol–water partition coefficient (Wildman–Crippen LogP) is 1.69. The number of hydrogen-bond acceptors (Lipinski definition) is 6. The molecule has 0 amide bonds. The van der Waals surface area contributed by atoms with E-state index < -0.39 is 18.2 Å². The summed E-state index contributed by atoms with van der Waals surface area (Å²) in [5, 5.41) is 9.05. The molecule has 0 aliphatic heterocycles. The summed E-state index contributed by atoms with van der Waals surface area (Å²) in [5.41, 5.74) is 0. The Balaban J connectivity index is 3.99. The van der Waals surface area contributed by atoms with E-state index in [1.54, 1.807) is 0 Å². The van der Waals surface area contributed by atoms with Crippen LogP contribution >= 0.6 is 0 Å². The van der Waals surface area contributed by atoms with Crippen molar-refractivity contribution in [2.75, 3.05) is 20.3 Å². The number of methoxy groups -OCH3 is 1. The Morgan fingerprint density at radius 2 is 1.95 bits per heavy atom. The van der Waals surface area contributed by atoms with Crippen molar-refractivity contribution in [2.45, 2.75) is 58.8 Å². The highest BCUT2D eigenvalue weighted by Gasteiger charge is 2.16. The van der Waals surface area contributed by atoms with Gasteiger partial charge < -0.3 is 19.3 Å². The van der Waals surface area contributed by atoms with Crippen LogP contribution in [0, 0.1) is 5.89 Å². The van der Waals surface area contributed by atoms with Crippen molar-refractivity contribution < 1.29 is 30.3 Å². The normalized spacial score (nSPS) is 15.2. The molecule has 0 heterocycles. The molecule has 6 heteroatoms. The molecule has 6 nitrogen and oxygen atoms in total. The zero-order chi connectivity index (χ0) is 17.2. The molecule has 0 aliphatic carbocycles. The van der Waals surface area contributed by atoms with Crippen molar-refractivity contribution in [2.24, 2.45) is 5.89 Å². The first-order valence-electron chi connectivity index (χ1n) is 7.72. The average Bonchev–Trinajstić information content (AvgIpc) is 2.46. The van der Waals surface area contributed by atoms with Crippen LogP contribution in [0.3, 0.4) is 0 Å². The molecule has 0 aromatic carbocycles. The molecule has 0 aromatic heterocycles. The maximum absolute atomic E-state index is 11.6. The Labute approximate surface area is 128 Å². The molecule has 0 rings (SSSR count). The SMILES string of the molecule is [2H]C(C)(C)C(=O)CCCC(=O)OCC(OC)OC(CC)CO. The molecule has 0 aliphatic rings. The van der Waals surface area contributed by atoms with Gasteiger partial charge in [0.05, 0.1) is 12.7 Å². The van der Waals surface area contributed by atoms with Gasteiger partial charge in [-0.2, -0.15) is 0 Å². The van der Waals surface area contributed by atoms with Crippen molar-refractivity contribution in [1.82, 2.24) is 0 Å². The lowest BCUT2D eigenvalue weighted by atomic mass is 10.0. The van der Waals surface area contributed by atoms with Crippen LogP contribution in [-0.4, -0.2) is 49.6 Å². The van der Waals surface area contributed by atoms with Gasteiger partial charge in [0.2, 0.25) is 0 Å². The molecule has 21 heavy (non-hydrogen) atoms. The van der Waals surface area contributed by atoms with E-state index in [0.717, 1.165) is 0 Å². The first-order valence-corrected chi connectivity index (χ1v) is 7.22. The van der Waals surface area contributed by atoms with E-state index in [1.807, 2.05) is 6.92 Å². The molecule has 0 spiro atoms. The number of carbonyl (C=O) groups is 2. The molecule has 1 N–H and O–H groups in total. The molecule has 0 fully saturated rings. The van der Waals surface area contributed by atoms with E-state index in [-0.39, 0.29) is 37.9 Å². The van der Waals surface area contributed by atoms with Crippen molar-refractivity contribution in [3.05, 3.63) is 0 Å². The largest absolute Gasteiger partial charge is 0.460 e. The highest BCUT2D eigenvalue weighted by molar-refractivity contribution is 5.80. The highest BCUT2D eigenvalue weighted by atomic mass is 16.7. The molecule has 124 valence electrons. The molecule has 2 unspecified atom stereocenters. The van der Waals surface area contributed by atoms with Gasteiger partial charge in [0.1, 0.15) is 12.4 Å². The van der Waals surface area contributed by atoms with Gasteiger partial charge in [-0.05, 0) is 12.8 Å². The Hall–Kier alpha value is -0.980. The van der Waals surface area contributed by atoms with Crippen LogP contribution in [0.2, 0.25) is 0 Å². The summed E-state index contributed by atoms with van der Waals surface area (Å²) >= 11 is 0. The van der Waals surface area contributed by atoms with Gasteiger partial charge in [-0.3, -0.25) is 9.59 Å². The molecular weight excluding hydrogens is 276 g/mol. The Morgan fingerprint density at radius 3 is 2.43 bits per heavy atom. The van der Waals surface area contributed by atoms with Gasteiger partial charge in [-0.15, -0.1) is 0 Å². The van der Waals surface area contributed by atoms with E-state index >= 15 is 0 Å². The van der Waals surface area contributed by atoms with Crippen LogP contribution in [0.1, 0.15) is 47.8 Å². The third-order valence-corrected chi connectivity index (χ3v) is 2.99. The maximum atomic E-state index is 11.6. The quantitative estimate of drug-likeness (QED) is 0.436. The fourth-order valence-corrected chi connectivity index (χ4v) is 1.52. The van der Waals surface area contributed by atoms with Crippen LogP contribution < -0.4 is 0 Å². The predicted molar refractivity (Wildman–Crippen MR) is 77.7 cm³/mol. The summed E-state index contributed by atoms with van der Waals surface area (Å²) in [4.78, 5) is 23.1. The number of esters is 1. The number of aliphatic hydroxyl groups excluding tert-OH is 1. The minimum atomic E-state index is -1.13. The summed E-state index contributed by atoms with van der Waals surface area (Å²) in [7, 11) is 1.43. The fourth-order valence-electron chi connectivity index (χ4n) is 1.52. The summed E-state index contributed by atoms with van der Waals surface area (Å²) in [6, 6.07) is 0. The van der Waals surface area contributed by atoms with Crippen molar-refractivity contribution in [3.63, 3.8) is 0 Å². The minimum absolute atomic E-state index is 0.0658. The van der Waals surface area contributed by atoms with E-state index in [0.29, 0.717) is 12.8 Å². The van der Waals surface area contributed by atoms with Gasteiger partial charge in [-0.25, -0.2) is 0 Å². The molecular formula is C15H28O6. The number of hydrogen-bond donors (Lipinski definition) is 1. The van der Waals surface area contributed by atoms with E-state index in [1.165, 1.54) is 21.0 Å². The Kier molecular flexibility index (Phi) is 10.0. The third-order valence-electron chi connectivity index (χ3n) is 2.99. The molecule has 0 saturated carbocycles. The molecule has 0 aromatic rings. The molecule has 0 bridgehead atoms. The summed E-state index contributed by atoms with van der Waals surface area (Å²) in [5.74, 6) is -1.77. The average molecular weight is 305 g/mol. The lowest BCUT2D eigenvalue weighted by Gasteiger charge is -2.21. The van der Waals surface area contributed by atoms with E-state index in [9.17, 15) is 9.59 Å². The van der Waals surface area contributed by atoms with Crippen LogP contribution in [0.4, 0.5) is 0 Å². The smallest absolute Gasteiger partial charge is 0.305 e. The van der Waals surface area contributed by atoms with Crippen molar-refractivity contribution in [1.29, 1.82) is 0 Å². The fraction of sp³-hybridized carbons (Fsp3) is 0.867. The second-order valence-corrected chi connectivity index (χ2v) is 4.97. The number of rotatable bonds is 12. The van der Waals surface area contributed by atoms with E-state index in [4.69, 9.17) is 20.7 Å². The number of aliphatic hydroxyl groups is 1. The number of carbonyl (C=O) groups excluding carboxylic acids is 2. The Morgan fingerprint density at radius 1 is 1.29 bits per heavy atom. The second-order valence-electron chi connectivity index (χ2n) is 4.97. The standard InChI is InChI=1S/C15H28O6/c1-5-12(9-16)21-15(19-4)10-20-14(18)8-6-7-13(17)11(2)3/h11-12,15-16H,5-10H2,1-4H3/i11D. The van der Waals surface area contributed by atoms with Gasteiger partial charge >= 0.3 is 5.97 Å².